The summed E-state index contributed by atoms with van der Waals surface area (Å²) in [7, 11) is -2.63. The standard InChI is InChI=1S/C13H19FN2O3S/c1-16(11-4-2-3-5-12(11)17)20(18,19)13-8-9(15)6-7-10(13)14/h6-8,11-12,17H,2-5,15H2,1H3. The number of nitrogens with two attached hydrogens (primary N) is 1. The van der Waals surface area contributed by atoms with Crippen molar-refractivity contribution in [3.05, 3.63) is 24.0 Å². The molecule has 1 fully saturated rings. The summed E-state index contributed by atoms with van der Waals surface area (Å²) >= 11 is 0. The lowest BCUT2D eigenvalue weighted by molar-refractivity contribution is 0.0637. The summed E-state index contributed by atoms with van der Waals surface area (Å²) < 4.78 is 39.8. The van der Waals surface area contributed by atoms with Crippen LogP contribution < -0.4 is 5.73 Å². The van der Waals surface area contributed by atoms with Crippen molar-refractivity contribution in [2.75, 3.05) is 12.8 Å². The minimum Gasteiger partial charge on any atom is -0.399 e. The summed E-state index contributed by atoms with van der Waals surface area (Å²) in [5, 5.41) is 9.95. The van der Waals surface area contributed by atoms with Gasteiger partial charge in [0.1, 0.15) is 10.7 Å². The van der Waals surface area contributed by atoms with Gasteiger partial charge in [-0.15, -0.1) is 0 Å². The number of anilines is 1. The zero-order valence-corrected chi connectivity index (χ0v) is 12.1. The molecule has 0 heterocycles. The molecule has 0 bridgehead atoms. The number of nitrogens with zero attached hydrogens (tertiary/aromatic N) is 1. The highest BCUT2D eigenvalue weighted by Gasteiger charge is 2.35. The van der Waals surface area contributed by atoms with E-state index in [0.29, 0.717) is 12.8 Å². The number of halogens is 1. The van der Waals surface area contributed by atoms with Gasteiger partial charge in [-0.3, -0.25) is 0 Å². The summed E-state index contributed by atoms with van der Waals surface area (Å²) in [6, 6.07) is 2.93. The lowest BCUT2D eigenvalue weighted by Gasteiger charge is -2.34. The van der Waals surface area contributed by atoms with Crippen molar-refractivity contribution in [3.8, 4) is 0 Å². The predicted molar refractivity (Wildman–Crippen MR) is 74.0 cm³/mol. The Morgan fingerprint density at radius 1 is 1.35 bits per heavy atom. The number of aliphatic hydroxyl groups excluding tert-OH is 1. The summed E-state index contributed by atoms with van der Waals surface area (Å²) in [5.41, 5.74) is 5.71. The number of aliphatic hydroxyl groups is 1. The summed E-state index contributed by atoms with van der Waals surface area (Å²) in [6.07, 6.45) is 2.14. The van der Waals surface area contributed by atoms with Crippen LogP contribution in [0.15, 0.2) is 23.1 Å². The van der Waals surface area contributed by atoms with Crippen LogP contribution in [-0.2, 0) is 10.0 Å². The van der Waals surface area contributed by atoms with Crippen molar-refractivity contribution in [2.24, 2.45) is 0 Å². The average Bonchev–Trinajstić information content (AvgIpc) is 2.41. The third kappa shape index (κ3) is 2.79. The van der Waals surface area contributed by atoms with Crippen LogP contribution >= 0.6 is 0 Å². The van der Waals surface area contributed by atoms with E-state index in [2.05, 4.69) is 0 Å². The summed E-state index contributed by atoms with van der Waals surface area (Å²) in [5.74, 6) is -0.837. The minimum absolute atomic E-state index is 0.183. The molecule has 5 nitrogen and oxygen atoms in total. The van der Waals surface area contributed by atoms with Gasteiger partial charge in [-0.2, -0.15) is 4.31 Å². The van der Waals surface area contributed by atoms with Crippen LogP contribution in [0, 0.1) is 5.82 Å². The minimum atomic E-state index is -4.01. The van der Waals surface area contributed by atoms with Gasteiger partial charge in [0.2, 0.25) is 10.0 Å². The number of hydrogen-bond donors (Lipinski definition) is 2. The molecule has 1 aliphatic carbocycles. The fraction of sp³-hybridized carbons (Fsp3) is 0.538. The molecule has 1 saturated carbocycles. The van der Waals surface area contributed by atoms with Gasteiger partial charge >= 0.3 is 0 Å². The SMILES string of the molecule is CN(C1CCCCC1O)S(=O)(=O)c1cc(N)ccc1F. The Balaban J connectivity index is 2.36. The van der Waals surface area contributed by atoms with Crippen LogP contribution in [0.5, 0.6) is 0 Å². The molecule has 2 rings (SSSR count). The smallest absolute Gasteiger partial charge is 0.246 e. The molecule has 0 radical (unpaired) electrons. The molecule has 1 aromatic carbocycles. The highest BCUT2D eigenvalue weighted by atomic mass is 32.2. The van der Waals surface area contributed by atoms with E-state index in [0.717, 1.165) is 29.3 Å². The second-order valence-electron chi connectivity index (χ2n) is 5.13. The van der Waals surface area contributed by atoms with Crippen molar-refractivity contribution in [3.63, 3.8) is 0 Å². The number of nitrogen functional groups attached to an aromatic ring is 1. The van der Waals surface area contributed by atoms with Crippen LogP contribution in [-0.4, -0.2) is 37.0 Å². The largest absolute Gasteiger partial charge is 0.399 e. The summed E-state index contributed by atoms with van der Waals surface area (Å²) in [6.45, 7) is 0. The molecule has 2 unspecified atom stereocenters. The fourth-order valence-corrected chi connectivity index (χ4v) is 4.08. The highest BCUT2D eigenvalue weighted by molar-refractivity contribution is 7.89. The van der Waals surface area contributed by atoms with Crippen LogP contribution in [0.1, 0.15) is 25.7 Å². The Morgan fingerprint density at radius 3 is 2.65 bits per heavy atom. The maximum absolute atomic E-state index is 13.8. The van der Waals surface area contributed by atoms with E-state index in [1.165, 1.54) is 13.1 Å². The lowest BCUT2D eigenvalue weighted by Crippen LogP contribution is -2.46. The molecule has 1 aromatic rings. The van der Waals surface area contributed by atoms with Gasteiger partial charge in [0.15, 0.2) is 0 Å². The Labute approximate surface area is 118 Å². The maximum Gasteiger partial charge on any atom is 0.246 e. The molecule has 3 N–H and O–H groups in total. The number of sulfonamides is 1. The zero-order valence-electron chi connectivity index (χ0n) is 11.3. The normalized spacial score (nSPS) is 24.0. The first-order valence-corrected chi connectivity index (χ1v) is 7.99. The first-order valence-electron chi connectivity index (χ1n) is 6.55. The third-order valence-electron chi connectivity index (χ3n) is 3.77. The lowest BCUT2D eigenvalue weighted by atomic mass is 9.93. The van der Waals surface area contributed by atoms with Crippen molar-refractivity contribution in [1.29, 1.82) is 0 Å². The molecule has 1 aliphatic rings. The van der Waals surface area contributed by atoms with E-state index in [1.54, 1.807) is 0 Å². The molecule has 0 amide bonds. The number of rotatable bonds is 3. The van der Waals surface area contributed by atoms with Crippen LogP contribution in [0.2, 0.25) is 0 Å². The number of likely N-dealkylation sites (N-methyl/N-ethyl adjacent to an activating group) is 1. The predicted octanol–water partition coefficient (Wildman–Crippen LogP) is 1.33. The molecule has 2 atom stereocenters. The van der Waals surface area contributed by atoms with Crippen molar-refractivity contribution >= 4 is 15.7 Å². The molecule has 7 heteroatoms. The highest BCUT2D eigenvalue weighted by Crippen LogP contribution is 2.28. The van der Waals surface area contributed by atoms with Gasteiger partial charge in [0.25, 0.3) is 0 Å². The van der Waals surface area contributed by atoms with Crippen molar-refractivity contribution in [1.82, 2.24) is 4.31 Å². The molecule has 0 spiro atoms. The van der Waals surface area contributed by atoms with Crippen molar-refractivity contribution < 1.29 is 17.9 Å². The molecule has 0 saturated heterocycles. The average molecular weight is 302 g/mol. The van der Waals surface area contributed by atoms with Crippen LogP contribution in [0.4, 0.5) is 10.1 Å². The van der Waals surface area contributed by atoms with E-state index < -0.39 is 32.9 Å². The number of hydrogen-bond acceptors (Lipinski definition) is 4. The first kappa shape index (κ1) is 15.2. The van der Waals surface area contributed by atoms with Gasteiger partial charge in [0, 0.05) is 12.7 Å². The fourth-order valence-electron chi connectivity index (χ4n) is 2.57. The molecular formula is C13H19FN2O3S. The van der Waals surface area contributed by atoms with E-state index in [9.17, 15) is 17.9 Å². The topological polar surface area (TPSA) is 83.6 Å². The van der Waals surface area contributed by atoms with Crippen LogP contribution in [0.25, 0.3) is 0 Å². The second kappa shape index (κ2) is 5.67. The van der Waals surface area contributed by atoms with E-state index in [4.69, 9.17) is 5.73 Å². The van der Waals surface area contributed by atoms with E-state index in [1.807, 2.05) is 0 Å². The van der Waals surface area contributed by atoms with Gasteiger partial charge < -0.3 is 10.8 Å². The van der Waals surface area contributed by atoms with Gasteiger partial charge in [0.05, 0.1) is 12.1 Å². The van der Waals surface area contributed by atoms with Gasteiger partial charge in [-0.1, -0.05) is 12.8 Å². The maximum atomic E-state index is 13.8. The molecule has 112 valence electrons. The van der Waals surface area contributed by atoms with Crippen molar-refractivity contribution in [2.45, 2.75) is 42.7 Å². The third-order valence-corrected chi connectivity index (χ3v) is 5.67. The van der Waals surface area contributed by atoms with Crippen LogP contribution in [0.3, 0.4) is 0 Å². The zero-order chi connectivity index (χ0) is 14.9. The molecule has 0 aromatic heterocycles. The van der Waals surface area contributed by atoms with E-state index >= 15 is 0 Å². The molecule has 20 heavy (non-hydrogen) atoms. The molecule has 0 aliphatic heterocycles. The Morgan fingerprint density at radius 2 is 2.00 bits per heavy atom. The summed E-state index contributed by atoms with van der Waals surface area (Å²) in [4.78, 5) is -0.447. The number of benzene rings is 1. The Hall–Kier alpha value is -1.18. The Kier molecular flexibility index (Phi) is 4.31. The molecular weight excluding hydrogens is 283 g/mol. The first-order chi connectivity index (χ1) is 9.34. The second-order valence-corrected chi connectivity index (χ2v) is 7.10. The van der Waals surface area contributed by atoms with E-state index in [-0.39, 0.29) is 5.69 Å². The Bertz CT molecular complexity index is 591. The monoisotopic (exact) mass is 302 g/mol. The van der Waals surface area contributed by atoms with Gasteiger partial charge in [-0.25, -0.2) is 12.8 Å². The van der Waals surface area contributed by atoms with Gasteiger partial charge in [-0.05, 0) is 31.0 Å². The quantitative estimate of drug-likeness (QED) is 0.825.